The number of benzene rings is 1. The van der Waals surface area contributed by atoms with Gasteiger partial charge in [0.05, 0.1) is 10.9 Å². The van der Waals surface area contributed by atoms with E-state index in [0.717, 1.165) is 12.8 Å². The van der Waals surface area contributed by atoms with Crippen LogP contribution in [-0.2, 0) is 14.8 Å². The van der Waals surface area contributed by atoms with Gasteiger partial charge in [-0.05, 0) is 38.0 Å². The summed E-state index contributed by atoms with van der Waals surface area (Å²) in [5.41, 5.74) is 0.294. The molecule has 2 amide bonds. The standard InChI is InChI=1S/C17H23N3O4S/c1-2-19-12-14(11-16(19)21)18-17(22)13-6-5-7-15(10-13)25(23,24)20-8-3-4-9-20/h5-7,10,14H,2-4,8-9,11-12H2,1H3,(H,18,22). The van der Waals surface area contributed by atoms with Gasteiger partial charge in [-0.15, -0.1) is 0 Å². The molecule has 0 bridgehead atoms. The van der Waals surface area contributed by atoms with E-state index in [-0.39, 0.29) is 29.2 Å². The smallest absolute Gasteiger partial charge is 0.251 e. The predicted molar refractivity (Wildman–Crippen MR) is 92.6 cm³/mol. The van der Waals surface area contributed by atoms with Gasteiger partial charge in [0.1, 0.15) is 0 Å². The summed E-state index contributed by atoms with van der Waals surface area (Å²) in [6.45, 7) is 4.06. The minimum absolute atomic E-state index is 0.0261. The molecule has 3 rings (SSSR count). The first-order valence-corrected chi connectivity index (χ1v) is 10.0. The number of hydrogen-bond acceptors (Lipinski definition) is 4. The molecule has 0 radical (unpaired) electrons. The largest absolute Gasteiger partial charge is 0.347 e. The van der Waals surface area contributed by atoms with Crippen molar-refractivity contribution in [1.82, 2.24) is 14.5 Å². The van der Waals surface area contributed by atoms with E-state index in [4.69, 9.17) is 0 Å². The van der Waals surface area contributed by atoms with Gasteiger partial charge in [-0.3, -0.25) is 9.59 Å². The second kappa shape index (κ2) is 7.13. The fourth-order valence-electron chi connectivity index (χ4n) is 3.32. The highest BCUT2D eigenvalue weighted by molar-refractivity contribution is 7.89. The second-order valence-electron chi connectivity index (χ2n) is 6.45. The molecule has 0 aromatic heterocycles. The van der Waals surface area contributed by atoms with Crippen molar-refractivity contribution in [2.45, 2.75) is 37.1 Å². The van der Waals surface area contributed by atoms with E-state index in [1.807, 2.05) is 6.92 Å². The lowest BCUT2D eigenvalue weighted by Gasteiger charge is -2.17. The number of likely N-dealkylation sites (N-methyl/N-ethyl adjacent to an activating group) is 1. The minimum Gasteiger partial charge on any atom is -0.347 e. The van der Waals surface area contributed by atoms with Crippen molar-refractivity contribution in [3.63, 3.8) is 0 Å². The molecule has 0 spiro atoms. The highest BCUT2D eigenvalue weighted by atomic mass is 32.2. The summed E-state index contributed by atoms with van der Waals surface area (Å²) in [7, 11) is -3.55. The minimum atomic E-state index is -3.55. The SMILES string of the molecule is CCN1CC(NC(=O)c2cccc(S(=O)(=O)N3CCCC3)c2)CC1=O. The van der Waals surface area contributed by atoms with Crippen LogP contribution in [0.2, 0.25) is 0 Å². The van der Waals surface area contributed by atoms with Crippen molar-refractivity contribution >= 4 is 21.8 Å². The van der Waals surface area contributed by atoms with Crippen LogP contribution in [0.4, 0.5) is 0 Å². The quantitative estimate of drug-likeness (QED) is 0.837. The molecule has 1 aromatic carbocycles. The van der Waals surface area contributed by atoms with E-state index < -0.39 is 10.0 Å². The van der Waals surface area contributed by atoms with E-state index in [1.54, 1.807) is 17.0 Å². The van der Waals surface area contributed by atoms with Crippen LogP contribution in [0.25, 0.3) is 0 Å². The maximum atomic E-state index is 12.6. The highest BCUT2D eigenvalue weighted by Gasteiger charge is 2.30. The Morgan fingerprint density at radius 1 is 1.28 bits per heavy atom. The van der Waals surface area contributed by atoms with Gasteiger partial charge in [0.15, 0.2) is 0 Å². The van der Waals surface area contributed by atoms with Gasteiger partial charge in [-0.2, -0.15) is 4.31 Å². The molecule has 25 heavy (non-hydrogen) atoms. The Morgan fingerprint density at radius 3 is 2.64 bits per heavy atom. The van der Waals surface area contributed by atoms with Crippen LogP contribution in [0, 0.1) is 0 Å². The van der Waals surface area contributed by atoms with Gasteiger partial charge in [0.25, 0.3) is 5.91 Å². The molecule has 1 aromatic rings. The van der Waals surface area contributed by atoms with Gasteiger partial charge in [-0.1, -0.05) is 6.07 Å². The van der Waals surface area contributed by atoms with Gasteiger partial charge in [0, 0.05) is 38.2 Å². The fraction of sp³-hybridized carbons (Fsp3) is 0.529. The topological polar surface area (TPSA) is 86.8 Å². The third-order valence-electron chi connectivity index (χ3n) is 4.73. The van der Waals surface area contributed by atoms with Gasteiger partial charge >= 0.3 is 0 Å². The Balaban J connectivity index is 1.73. The predicted octanol–water partition coefficient (Wildman–Crippen LogP) is 0.822. The normalized spacial score (nSPS) is 21.7. The number of nitrogens with zero attached hydrogens (tertiary/aromatic N) is 2. The van der Waals surface area contributed by atoms with Crippen molar-refractivity contribution < 1.29 is 18.0 Å². The molecule has 2 fully saturated rings. The summed E-state index contributed by atoms with van der Waals surface area (Å²) < 4.78 is 26.7. The van der Waals surface area contributed by atoms with Crippen LogP contribution in [0.3, 0.4) is 0 Å². The van der Waals surface area contributed by atoms with Gasteiger partial charge in [0.2, 0.25) is 15.9 Å². The third-order valence-corrected chi connectivity index (χ3v) is 6.63. The van der Waals surface area contributed by atoms with E-state index >= 15 is 0 Å². The van der Waals surface area contributed by atoms with Crippen LogP contribution >= 0.6 is 0 Å². The molecule has 0 aliphatic carbocycles. The van der Waals surface area contributed by atoms with Crippen molar-refractivity contribution in [3.05, 3.63) is 29.8 Å². The Kier molecular flexibility index (Phi) is 5.10. The molecule has 0 saturated carbocycles. The summed E-state index contributed by atoms with van der Waals surface area (Å²) in [5, 5.41) is 2.83. The summed E-state index contributed by atoms with van der Waals surface area (Å²) in [4.78, 5) is 26.0. The van der Waals surface area contributed by atoms with Crippen molar-refractivity contribution in [1.29, 1.82) is 0 Å². The Morgan fingerprint density at radius 2 is 2.00 bits per heavy atom. The summed E-state index contributed by atoms with van der Waals surface area (Å²) in [5.74, 6) is -0.326. The zero-order valence-electron chi connectivity index (χ0n) is 14.3. The van der Waals surface area contributed by atoms with Crippen LogP contribution in [0.15, 0.2) is 29.2 Å². The van der Waals surface area contributed by atoms with Crippen LogP contribution in [0.5, 0.6) is 0 Å². The molecule has 1 N–H and O–H groups in total. The van der Waals surface area contributed by atoms with Crippen LogP contribution < -0.4 is 5.32 Å². The highest BCUT2D eigenvalue weighted by Crippen LogP contribution is 2.21. The first-order valence-electron chi connectivity index (χ1n) is 8.60. The maximum Gasteiger partial charge on any atom is 0.251 e. The fourth-order valence-corrected chi connectivity index (χ4v) is 4.88. The molecule has 1 atom stereocenters. The lowest BCUT2D eigenvalue weighted by atomic mass is 10.2. The number of rotatable bonds is 5. The molecule has 2 aliphatic rings. The second-order valence-corrected chi connectivity index (χ2v) is 8.38. The Hall–Kier alpha value is -1.93. The number of likely N-dealkylation sites (tertiary alicyclic amines) is 1. The molecule has 2 saturated heterocycles. The molecule has 2 heterocycles. The van der Waals surface area contributed by atoms with Gasteiger partial charge in [-0.25, -0.2) is 8.42 Å². The molecule has 2 aliphatic heterocycles. The van der Waals surface area contributed by atoms with Crippen LogP contribution in [-0.4, -0.2) is 61.7 Å². The summed E-state index contributed by atoms with van der Waals surface area (Å²) in [6.07, 6.45) is 2.01. The lowest BCUT2D eigenvalue weighted by molar-refractivity contribution is -0.127. The number of amides is 2. The zero-order chi connectivity index (χ0) is 18.0. The van der Waals surface area contributed by atoms with Crippen molar-refractivity contribution in [3.8, 4) is 0 Å². The molecular weight excluding hydrogens is 342 g/mol. The van der Waals surface area contributed by atoms with Crippen LogP contribution in [0.1, 0.15) is 36.5 Å². The first-order chi connectivity index (χ1) is 11.9. The molecular formula is C17H23N3O4S. The Bertz CT molecular complexity index is 772. The molecule has 136 valence electrons. The van der Waals surface area contributed by atoms with E-state index in [0.29, 0.717) is 31.7 Å². The van der Waals surface area contributed by atoms with E-state index in [9.17, 15) is 18.0 Å². The summed E-state index contributed by atoms with van der Waals surface area (Å²) in [6, 6.07) is 5.86. The number of carbonyl (C=O) groups excluding carboxylic acids is 2. The number of hydrogen-bond donors (Lipinski definition) is 1. The maximum absolute atomic E-state index is 12.6. The molecule has 7 nitrogen and oxygen atoms in total. The zero-order valence-corrected chi connectivity index (χ0v) is 15.1. The average Bonchev–Trinajstić information content (AvgIpc) is 3.25. The number of nitrogens with one attached hydrogen (secondary N) is 1. The number of carbonyl (C=O) groups is 2. The lowest BCUT2D eigenvalue weighted by Crippen LogP contribution is -2.37. The monoisotopic (exact) mass is 365 g/mol. The number of sulfonamides is 1. The van der Waals surface area contributed by atoms with E-state index in [1.165, 1.54) is 16.4 Å². The van der Waals surface area contributed by atoms with Gasteiger partial charge < -0.3 is 10.2 Å². The van der Waals surface area contributed by atoms with Crippen molar-refractivity contribution in [2.75, 3.05) is 26.2 Å². The average molecular weight is 365 g/mol. The molecule has 8 heteroatoms. The van der Waals surface area contributed by atoms with E-state index in [2.05, 4.69) is 5.32 Å². The summed E-state index contributed by atoms with van der Waals surface area (Å²) >= 11 is 0. The van der Waals surface area contributed by atoms with Crippen molar-refractivity contribution in [2.24, 2.45) is 0 Å². The Labute approximate surface area is 148 Å². The third kappa shape index (κ3) is 3.69. The first kappa shape index (κ1) is 17.9. The molecule has 1 unspecified atom stereocenters.